The van der Waals surface area contributed by atoms with E-state index in [4.69, 9.17) is 4.74 Å². The van der Waals surface area contributed by atoms with E-state index in [1.54, 1.807) is 33.7 Å². The topological polar surface area (TPSA) is 87.2 Å². The molecule has 36 heavy (non-hydrogen) atoms. The molecule has 8 heteroatoms. The Balaban J connectivity index is 2.13. The molecule has 3 fully saturated rings. The molecule has 3 aliphatic heterocycles. The number of carbonyl (C=O) groups excluding carboxylic acids is 3. The van der Waals surface area contributed by atoms with Gasteiger partial charge in [0.2, 0.25) is 11.8 Å². The standard InChI is InChI=1S/C28H44N2O5S/c1-9-11-13-35-26(34)21-20-15-18(5)28(36-20)22(21)24(32)30(19(16-31)14-17(3)4)23(28)25(33)29(12-10-2)27(6,7)8/h9-10,17-23,31H,1-2,11-16H2,3-8H3/t18?,19-,20+,21-,22+,23?,28?/m1/s1. The van der Waals surface area contributed by atoms with Gasteiger partial charge in [-0.1, -0.05) is 32.9 Å². The minimum absolute atomic E-state index is 0.0570. The maximum absolute atomic E-state index is 14.5. The van der Waals surface area contributed by atoms with Crippen molar-refractivity contribution in [2.75, 3.05) is 19.8 Å². The number of hydrogen-bond acceptors (Lipinski definition) is 6. The number of aliphatic hydroxyl groups excluding tert-OH is 1. The van der Waals surface area contributed by atoms with Gasteiger partial charge in [0.1, 0.15) is 6.04 Å². The smallest absolute Gasteiger partial charge is 0.310 e. The van der Waals surface area contributed by atoms with Gasteiger partial charge in [-0.05, 0) is 51.9 Å². The summed E-state index contributed by atoms with van der Waals surface area (Å²) in [5, 5.41) is 10.4. The van der Waals surface area contributed by atoms with E-state index in [1.165, 1.54) is 0 Å². The Morgan fingerprint density at radius 2 is 1.97 bits per heavy atom. The van der Waals surface area contributed by atoms with E-state index in [2.05, 4.69) is 20.1 Å². The molecule has 0 aromatic heterocycles. The number of aliphatic hydroxyl groups is 1. The third-order valence-electron chi connectivity index (χ3n) is 7.99. The highest BCUT2D eigenvalue weighted by atomic mass is 32.2. The van der Waals surface area contributed by atoms with E-state index in [1.807, 2.05) is 34.6 Å². The van der Waals surface area contributed by atoms with Crippen LogP contribution in [0.3, 0.4) is 0 Å². The van der Waals surface area contributed by atoms with Gasteiger partial charge >= 0.3 is 5.97 Å². The molecule has 0 saturated carbocycles. The third kappa shape index (κ3) is 4.75. The summed E-state index contributed by atoms with van der Waals surface area (Å²) in [7, 11) is 0. The van der Waals surface area contributed by atoms with E-state index in [0.717, 1.165) is 6.42 Å². The molecule has 1 spiro atoms. The number of fused-ring (bicyclic) bond motifs is 1. The lowest BCUT2D eigenvalue weighted by Crippen LogP contribution is -2.62. The fourth-order valence-electron chi connectivity index (χ4n) is 6.53. The van der Waals surface area contributed by atoms with Crippen LogP contribution in [0.25, 0.3) is 0 Å². The van der Waals surface area contributed by atoms with Gasteiger partial charge in [0.15, 0.2) is 0 Å². The van der Waals surface area contributed by atoms with Crippen LogP contribution in [0.5, 0.6) is 0 Å². The molecule has 3 unspecified atom stereocenters. The summed E-state index contributed by atoms with van der Waals surface area (Å²) in [5.74, 6) is -1.66. The summed E-state index contributed by atoms with van der Waals surface area (Å²) in [6, 6.07) is -1.26. The number of nitrogens with zero attached hydrogens (tertiary/aromatic N) is 2. The third-order valence-corrected chi connectivity index (χ3v) is 10.1. The predicted octanol–water partition coefficient (Wildman–Crippen LogP) is 3.66. The van der Waals surface area contributed by atoms with Gasteiger partial charge in [0, 0.05) is 17.3 Å². The molecular weight excluding hydrogens is 476 g/mol. The maximum Gasteiger partial charge on any atom is 0.310 e. The minimum Gasteiger partial charge on any atom is -0.465 e. The van der Waals surface area contributed by atoms with Crippen molar-refractivity contribution in [3.8, 4) is 0 Å². The Morgan fingerprint density at radius 3 is 2.50 bits per heavy atom. The number of thioether (sulfide) groups is 1. The van der Waals surface area contributed by atoms with Gasteiger partial charge in [0.25, 0.3) is 0 Å². The van der Waals surface area contributed by atoms with Crippen LogP contribution in [0, 0.1) is 23.7 Å². The van der Waals surface area contributed by atoms with Gasteiger partial charge < -0.3 is 19.6 Å². The van der Waals surface area contributed by atoms with E-state index in [0.29, 0.717) is 19.4 Å². The van der Waals surface area contributed by atoms with Crippen molar-refractivity contribution < 1.29 is 24.2 Å². The summed E-state index contributed by atoms with van der Waals surface area (Å²) in [4.78, 5) is 45.5. The summed E-state index contributed by atoms with van der Waals surface area (Å²) >= 11 is 1.63. The number of hydrogen-bond donors (Lipinski definition) is 1. The SMILES string of the molecule is C=CCCOC(=O)[C@@H]1[C@@H]2CC(C)C3(S2)C(C(=O)N(CC=C)C(C)(C)C)N([C@@H](CO)CC(C)C)C(=O)[C@H]13. The molecule has 0 aromatic carbocycles. The Bertz CT molecular complexity index is 884. The number of ether oxygens (including phenoxy) is 1. The molecule has 3 heterocycles. The molecule has 2 amide bonds. The Morgan fingerprint density at radius 1 is 1.31 bits per heavy atom. The average Bonchev–Trinajstić information content (AvgIpc) is 3.38. The van der Waals surface area contributed by atoms with Crippen molar-refractivity contribution >= 4 is 29.5 Å². The molecule has 202 valence electrons. The van der Waals surface area contributed by atoms with Crippen molar-refractivity contribution in [2.45, 2.75) is 88.4 Å². The Hall–Kier alpha value is -1.80. The highest BCUT2D eigenvalue weighted by Crippen LogP contribution is 2.69. The van der Waals surface area contributed by atoms with Crippen molar-refractivity contribution in [3.05, 3.63) is 25.3 Å². The van der Waals surface area contributed by atoms with Crippen LogP contribution < -0.4 is 0 Å². The first-order valence-corrected chi connectivity index (χ1v) is 14.0. The van der Waals surface area contributed by atoms with Crippen LogP contribution in [0.2, 0.25) is 0 Å². The largest absolute Gasteiger partial charge is 0.465 e. The monoisotopic (exact) mass is 520 g/mol. The van der Waals surface area contributed by atoms with E-state index < -0.39 is 34.2 Å². The molecule has 3 rings (SSSR count). The van der Waals surface area contributed by atoms with Crippen molar-refractivity contribution in [1.82, 2.24) is 9.80 Å². The molecule has 7 atom stereocenters. The molecule has 0 aromatic rings. The minimum atomic E-state index is -0.763. The quantitative estimate of drug-likeness (QED) is 0.254. The average molecular weight is 521 g/mol. The lowest BCUT2D eigenvalue weighted by molar-refractivity contribution is -0.155. The van der Waals surface area contributed by atoms with Crippen LogP contribution in [-0.2, 0) is 19.1 Å². The second-order valence-corrected chi connectivity index (χ2v) is 13.5. The molecule has 2 bridgehead atoms. The molecule has 7 nitrogen and oxygen atoms in total. The molecule has 0 radical (unpaired) electrons. The lowest BCUT2D eigenvalue weighted by atomic mass is 9.66. The fraction of sp³-hybridized carbons (Fsp3) is 0.750. The summed E-state index contributed by atoms with van der Waals surface area (Å²) in [6.07, 6.45) is 5.27. The van der Waals surface area contributed by atoms with E-state index >= 15 is 0 Å². The van der Waals surface area contributed by atoms with Gasteiger partial charge in [0.05, 0.1) is 35.8 Å². The zero-order valence-corrected chi connectivity index (χ0v) is 23.6. The van der Waals surface area contributed by atoms with Crippen molar-refractivity contribution in [1.29, 1.82) is 0 Å². The number of esters is 1. The van der Waals surface area contributed by atoms with Gasteiger partial charge in [-0.15, -0.1) is 24.9 Å². The number of carbonyl (C=O) groups is 3. The highest BCUT2D eigenvalue weighted by molar-refractivity contribution is 8.02. The first kappa shape index (κ1) is 28.8. The van der Waals surface area contributed by atoms with Gasteiger partial charge in [-0.3, -0.25) is 14.4 Å². The second-order valence-electron chi connectivity index (χ2n) is 11.9. The van der Waals surface area contributed by atoms with E-state index in [9.17, 15) is 19.5 Å². The summed E-state index contributed by atoms with van der Waals surface area (Å²) < 4.78 is 4.84. The van der Waals surface area contributed by atoms with Crippen LogP contribution in [0.1, 0.15) is 60.8 Å². The Labute approximate surface area is 220 Å². The first-order chi connectivity index (χ1) is 16.9. The molecular formula is C28H44N2O5S. The normalized spacial score (nSPS) is 31.9. The number of amides is 2. The van der Waals surface area contributed by atoms with Crippen LogP contribution in [0.15, 0.2) is 25.3 Å². The van der Waals surface area contributed by atoms with Crippen LogP contribution >= 0.6 is 11.8 Å². The number of rotatable bonds is 11. The van der Waals surface area contributed by atoms with Crippen LogP contribution in [-0.4, -0.2) is 80.1 Å². The summed E-state index contributed by atoms with van der Waals surface area (Å²) in [5.41, 5.74) is -0.491. The van der Waals surface area contributed by atoms with Gasteiger partial charge in [-0.2, -0.15) is 0 Å². The predicted molar refractivity (Wildman–Crippen MR) is 143 cm³/mol. The second kappa shape index (κ2) is 10.9. The fourth-order valence-corrected chi connectivity index (χ4v) is 8.92. The van der Waals surface area contributed by atoms with Gasteiger partial charge in [-0.25, -0.2) is 0 Å². The van der Waals surface area contributed by atoms with E-state index in [-0.39, 0.29) is 48.1 Å². The van der Waals surface area contributed by atoms with Crippen molar-refractivity contribution in [2.24, 2.45) is 23.7 Å². The molecule has 0 aliphatic carbocycles. The maximum atomic E-state index is 14.5. The Kier molecular flexibility index (Phi) is 8.71. The lowest BCUT2D eigenvalue weighted by Gasteiger charge is -2.45. The molecule has 1 N–H and O–H groups in total. The first-order valence-electron chi connectivity index (χ1n) is 13.2. The zero-order valence-electron chi connectivity index (χ0n) is 22.7. The van der Waals surface area contributed by atoms with Crippen molar-refractivity contribution in [3.63, 3.8) is 0 Å². The van der Waals surface area contributed by atoms with Crippen LogP contribution in [0.4, 0.5) is 0 Å². The molecule has 3 aliphatic rings. The zero-order chi connectivity index (χ0) is 27.0. The molecule has 3 saturated heterocycles. The highest BCUT2D eigenvalue weighted by Gasteiger charge is 2.77. The summed E-state index contributed by atoms with van der Waals surface area (Å²) in [6.45, 7) is 20.0. The number of likely N-dealkylation sites (tertiary alicyclic amines) is 1.